The van der Waals surface area contributed by atoms with Gasteiger partial charge >= 0.3 is 0 Å². The van der Waals surface area contributed by atoms with Gasteiger partial charge in [0, 0.05) is 38.2 Å². The molecule has 0 spiro atoms. The van der Waals surface area contributed by atoms with E-state index < -0.39 is 0 Å². The topological polar surface area (TPSA) is 46.6 Å². The Hall–Kier alpha value is -0.690. The molecule has 1 fully saturated rings. The zero-order valence-electron chi connectivity index (χ0n) is 12.8. The smallest absolute Gasteiger partial charge is 0.185 e. The molecule has 1 aromatic rings. The average molecular weight is 299 g/mol. The maximum absolute atomic E-state index is 5.78. The van der Waals surface area contributed by atoms with Gasteiger partial charge in [0.25, 0.3) is 0 Å². The minimum atomic E-state index is 0.270. The van der Waals surface area contributed by atoms with Gasteiger partial charge in [-0.15, -0.1) is 11.3 Å². The van der Waals surface area contributed by atoms with Crippen LogP contribution in [0.25, 0.3) is 0 Å². The van der Waals surface area contributed by atoms with Crippen molar-refractivity contribution in [2.45, 2.75) is 39.5 Å². The highest BCUT2D eigenvalue weighted by atomic mass is 32.1. The van der Waals surface area contributed by atoms with E-state index in [0.717, 1.165) is 43.6 Å². The largest absolute Gasteiger partial charge is 0.383 e. The van der Waals surface area contributed by atoms with E-state index in [2.05, 4.69) is 31.0 Å². The summed E-state index contributed by atoms with van der Waals surface area (Å²) in [5, 5.41) is 4.50. The molecule has 0 amide bonds. The summed E-state index contributed by atoms with van der Waals surface area (Å²) in [4.78, 5) is 8.37. The Kier molecular flexibility index (Phi) is 5.77. The summed E-state index contributed by atoms with van der Waals surface area (Å²) in [7, 11) is 1.72. The van der Waals surface area contributed by atoms with Crippen molar-refractivity contribution in [3.05, 3.63) is 10.6 Å². The van der Waals surface area contributed by atoms with Gasteiger partial charge in [0.2, 0.25) is 0 Å². The predicted octanol–water partition coefficient (Wildman–Crippen LogP) is 1.80. The minimum Gasteiger partial charge on any atom is -0.383 e. The van der Waals surface area contributed by atoms with Crippen LogP contribution in [0, 0.1) is 6.92 Å². The molecule has 1 N–H and O–H groups in total. The first-order chi connectivity index (χ1) is 9.60. The first kappa shape index (κ1) is 15.7. The molecule has 5 nitrogen and oxygen atoms in total. The molecule has 0 aliphatic carbocycles. The maximum Gasteiger partial charge on any atom is 0.185 e. The minimum absolute atomic E-state index is 0.270. The number of nitrogens with zero attached hydrogens (tertiary/aromatic N) is 2. The van der Waals surface area contributed by atoms with Crippen LogP contribution < -0.4 is 10.2 Å². The second-order valence-electron chi connectivity index (χ2n) is 5.34. The lowest BCUT2D eigenvalue weighted by atomic mass is 10.2. The quantitative estimate of drug-likeness (QED) is 0.812. The Morgan fingerprint density at radius 2 is 2.10 bits per heavy atom. The molecule has 2 heterocycles. The number of aromatic nitrogens is 1. The first-order valence-corrected chi connectivity index (χ1v) is 7.98. The van der Waals surface area contributed by atoms with Crippen molar-refractivity contribution in [3.8, 4) is 0 Å². The Balaban J connectivity index is 1.95. The van der Waals surface area contributed by atoms with Crippen LogP contribution in [0.1, 0.15) is 24.4 Å². The average Bonchev–Trinajstić information content (AvgIpc) is 2.75. The Morgan fingerprint density at radius 1 is 1.40 bits per heavy atom. The van der Waals surface area contributed by atoms with Crippen LogP contribution in [-0.4, -0.2) is 50.5 Å². The highest BCUT2D eigenvalue weighted by Gasteiger charge is 2.24. The standard InChI is InChI=1S/C14H25N3O2S/c1-10-8-17(9-11(2)19-10)14-16-12(3)13(20-14)7-15-5-6-18-4/h10-11,15H,5-9H2,1-4H3. The van der Waals surface area contributed by atoms with Crippen LogP contribution in [0.5, 0.6) is 0 Å². The molecule has 114 valence electrons. The number of morpholine rings is 1. The summed E-state index contributed by atoms with van der Waals surface area (Å²) in [6, 6.07) is 0. The summed E-state index contributed by atoms with van der Waals surface area (Å²) in [6.07, 6.45) is 0.539. The van der Waals surface area contributed by atoms with E-state index in [0.29, 0.717) is 0 Å². The van der Waals surface area contributed by atoms with Gasteiger partial charge in [0.1, 0.15) is 0 Å². The van der Waals surface area contributed by atoms with Crippen LogP contribution in [0.4, 0.5) is 5.13 Å². The van der Waals surface area contributed by atoms with Crippen LogP contribution >= 0.6 is 11.3 Å². The number of thiazole rings is 1. The van der Waals surface area contributed by atoms with Crippen molar-refractivity contribution >= 4 is 16.5 Å². The second kappa shape index (κ2) is 7.36. The number of methoxy groups -OCH3 is 1. The monoisotopic (exact) mass is 299 g/mol. The number of hydrogen-bond donors (Lipinski definition) is 1. The molecule has 1 aliphatic rings. The van der Waals surface area contributed by atoms with Gasteiger partial charge in [-0.05, 0) is 20.8 Å². The van der Waals surface area contributed by atoms with Gasteiger partial charge in [0.15, 0.2) is 5.13 Å². The third kappa shape index (κ3) is 4.15. The molecule has 0 aromatic carbocycles. The highest BCUT2D eigenvalue weighted by Crippen LogP contribution is 2.28. The normalized spacial score (nSPS) is 23.3. The van der Waals surface area contributed by atoms with Crippen LogP contribution in [-0.2, 0) is 16.0 Å². The molecule has 1 saturated heterocycles. The van der Waals surface area contributed by atoms with E-state index in [1.54, 1.807) is 18.4 Å². The SMILES string of the molecule is COCCNCc1sc(N2CC(C)OC(C)C2)nc1C. The third-order valence-corrected chi connectivity index (χ3v) is 4.56. The molecule has 1 aliphatic heterocycles. The van der Waals surface area contributed by atoms with Crippen LogP contribution in [0.15, 0.2) is 0 Å². The van der Waals surface area contributed by atoms with Crippen molar-refractivity contribution < 1.29 is 9.47 Å². The van der Waals surface area contributed by atoms with E-state index in [4.69, 9.17) is 14.5 Å². The zero-order chi connectivity index (χ0) is 14.5. The third-order valence-electron chi connectivity index (χ3n) is 3.34. The molecule has 1 aromatic heterocycles. The fraction of sp³-hybridized carbons (Fsp3) is 0.786. The van der Waals surface area contributed by atoms with Crippen molar-refractivity contribution in [1.82, 2.24) is 10.3 Å². The first-order valence-electron chi connectivity index (χ1n) is 7.16. The number of rotatable bonds is 6. The van der Waals surface area contributed by atoms with Gasteiger partial charge in [-0.2, -0.15) is 0 Å². The summed E-state index contributed by atoms with van der Waals surface area (Å²) in [5.74, 6) is 0. The number of ether oxygens (including phenoxy) is 2. The van der Waals surface area contributed by atoms with Crippen LogP contribution in [0.3, 0.4) is 0 Å². The number of anilines is 1. The molecular formula is C14H25N3O2S. The fourth-order valence-corrected chi connectivity index (χ4v) is 3.47. The molecule has 0 saturated carbocycles. The van der Waals surface area contributed by atoms with Crippen LogP contribution in [0.2, 0.25) is 0 Å². The number of nitrogens with one attached hydrogen (secondary N) is 1. The van der Waals surface area contributed by atoms with E-state index in [1.807, 2.05) is 0 Å². The molecule has 0 radical (unpaired) electrons. The van der Waals surface area contributed by atoms with Crippen molar-refractivity contribution in [2.24, 2.45) is 0 Å². The summed E-state index contributed by atoms with van der Waals surface area (Å²) in [6.45, 7) is 10.6. The molecule has 6 heteroatoms. The van der Waals surface area contributed by atoms with E-state index in [-0.39, 0.29) is 12.2 Å². The second-order valence-corrected chi connectivity index (χ2v) is 6.40. The van der Waals surface area contributed by atoms with Gasteiger partial charge in [-0.3, -0.25) is 0 Å². The lowest BCUT2D eigenvalue weighted by Gasteiger charge is -2.35. The summed E-state index contributed by atoms with van der Waals surface area (Å²) < 4.78 is 10.8. The van der Waals surface area contributed by atoms with Gasteiger partial charge < -0.3 is 19.7 Å². The van der Waals surface area contributed by atoms with Gasteiger partial charge in [-0.1, -0.05) is 0 Å². The number of hydrogen-bond acceptors (Lipinski definition) is 6. The van der Waals surface area contributed by atoms with Crippen molar-refractivity contribution in [3.63, 3.8) is 0 Å². The fourth-order valence-electron chi connectivity index (χ4n) is 2.42. The lowest BCUT2D eigenvalue weighted by molar-refractivity contribution is -0.00523. The molecule has 2 rings (SSSR count). The summed E-state index contributed by atoms with van der Waals surface area (Å²) >= 11 is 1.78. The van der Waals surface area contributed by atoms with Crippen molar-refractivity contribution in [1.29, 1.82) is 0 Å². The lowest BCUT2D eigenvalue weighted by Crippen LogP contribution is -2.45. The molecular weight excluding hydrogens is 274 g/mol. The Bertz CT molecular complexity index is 415. The number of aryl methyl sites for hydroxylation is 1. The Morgan fingerprint density at radius 3 is 2.75 bits per heavy atom. The molecule has 20 heavy (non-hydrogen) atoms. The van der Waals surface area contributed by atoms with E-state index in [9.17, 15) is 0 Å². The van der Waals surface area contributed by atoms with Crippen molar-refractivity contribution in [2.75, 3.05) is 38.3 Å². The van der Waals surface area contributed by atoms with Gasteiger partial charge in [-0.25, -0.2) is 4.98 Å². The van der Waals surface area contributed by atoms with E-state index in [1.165, 1.54) is 4.88 Å². The molecule has 0 bridgehead atoms. The summed E-state index contributed by atoms with van der Waals surface area (Å²) in [5.41, 5.74) is 1.13. The Labute approximate surface area is 125 Å². The predicted molar refractivity (Wildman–Crippen MR) is 82.7 cm³/mol. The maximum atomic E-state index is 5.78. The molecule has 2 atom stereocenters. The zero-order valence-corrected chi connectivity index (χ0v) is 13.6. The molecule has 2 unspecified atom stereocenters. The van der Waals surface area contributed by atoms with E-state index >= 15 is 0 Å². The van der Waals surface area contributed by atoms with Gasteiger partial charge in [0.05, 0.1) is 24.5 Å². The highest BCUT2D eigenvalue weighted by molar-refractivity contribution is 7.15.